The van der Waals surface area contributed by atoms with Crippen LogP contribution in [0.3, 0.4) is 0 Å². The van der Waals surface area contributed by atoms with Crippen LogP contribution >= 0.6 is 23.1 Å². The molecule has 1 amide bonds. The van der Waals surface area contributed by atoms with Crippen molar-refractivity contribution in [3.8, 4) is 0 Å². The first-order valence-electron chi connectivity index (χ1n) is 8.62. The number of rotatable bonds is 10. The fourth-order valence-corrected chi connectivity index (χ4v) is 4.10. The lowest BCUT2D eigenvalue weighted by molar-refractivity contribution is -0.120. The zero-order valence-electron chi connectivity index (χ0n) is 14.9. The molecule has 140 valence electrons. The van der Waals surface area contributed by atoms with Gasteiger partial charge in [-0.05, 0) is 30.5 Å². The summed E-state index contributed by atoms with van der Waals surface area (Å²) in [5.41, 5.74) is 1.28. The van der Waals surface area contributed by atoms with Gasteiger partial charge in [0.2, 0.25) is 11.0 Å². The minimum atomic E-state index is -0.932. The van der Waals surface area contributed by atoms with Crippen molar-refractivity contribution >= 4 is 40.1 Å². The van der Waals surface area contributed by atoms with E-state index >= 15 is 0 Å². The molecular weight excluding hydrogens is 370 g/mol. The first kappa shape index (κ1) is 20.4. The van der Waals surface area contributed by atoms with Gasteiger partial charge in [0.25, 0.3) is 0 Å². The fraction of sp³-hybridized carbons (Fsp3) is 0.444. The lowest BCUT2D eigenvalue weighted by Crippen LogP contribution is -2.22. The Bertz CT molecular complexity index is 732. The number of aromatic nitrogens is 2. The Hall–Kier alpha value is -1.93. The molecule has 0 bridgehead atoms. The second kappa shape index (κ2) is 10.3. The van der Waals surface area contributed by atoms with E-state index < -0.39 is 5.97 Å². The van der Waals surface area contributed by atoms with Crippen molar-refractivity contribution in [1.29, 1.82) is 0 Å². The summed E-state index contributed by atoms with van der Waals surface area (Å²) in [5, 5.41) is 20.4. The molecule has 1 aromatic heterocycles. The Balaban J connectivity index is 1.87. The number of amides is 1. The van der Waals surface area contributed by atoms with E-state index in [1.165, 1.54) is 23.1 Å². The van der Waals surface area contributed by atoms with Crippen molar-refractivity contribution < 1.29 is 14.7 Å². The van der Waals surface area contributed by atoms with Crippen LogP contribution in [0.25, 0.3) is 0 Å². The van der Waals surface area contributed by atoms with Crippen molar-refractivity contribution in [2.75, 3.05) is 5.32 Å². The van der Waals surface area contributed by atoms with E-state index in [1.54, 1.807) is 24.3 Å². The fourth-order valence-electron chi connectivity index (χ4n) is 2.39. The summed E-state index contributed by atoms with van der Waals surface area (Å²) in [6.45, 7) is 4.14. The van der Waals surface area contributed by atoms with Crippen molar-refractivity contribution in [2.45, 2.75) is 49.6 Å². The maximum atomic E-state index is 12.3. The van der Waals surface area contributed by atoms with Gasteiger partial charge in [0, 0.05) is 11.7 Å². The molecule has 8 heteroatoms. The normalized spacial score (nSPS) is 11.9. The highest BCUT2D eigenvalue weighted by Crippen LogP contribution is 2.29. The van der Waals surface area contributed by atoms with Gasteiger partial charge in [0.05, 0.1) is 5.56 Å². The molecule has 1 heterocycles. The molecule has 1 atom stereocenters. The average Bonchev–Trinajstić information content (AvgIpc) is 3.08. The van der Waals surface area contributed by atoms with Gasteiger partial charge in [-0.1, -0.05) is 61.9 Å². The third-order valence-electron chi connectivity index (χ3n) is 3.97. The molecule has 26 heavy (non-hydrogen) atoms. The van der Waals surface area contributed by atoms with Crippen LogP contribution in [0.15, 0.2) is 28.6 Å². The first-order valence-corrected chi connectivity index (χ1v) is 10.4. The van der Waals surface area contributed by atoms with E-state index in [4.69, 9.17) is 5.11 Å². The second-order valence-electron chi connectivity index (χ2n) is 5.90. The molecule has 0 saturated carbocycles. The summed E-state index contributed by atoms with van der Waals surface area (Å²) in [5.74, 6) is -0.241. The smallest absolute Gasteiger partial charge is 0.335 e. The number of carboxylic acid groups (broad SMARTS) is 1. The number of hydrogen-bond acceptors (Lipinski definition) is 6. The Morgan fingerprint density at radius 3 is 2.58 bits per heavy atom. The number of benzene rings is 1. The molecule has 2 N–H and O–H groups in total. The first-order chi connectivity index (χ1) is 12.5. The number of carboxylic acids is 1. The van der Waals surface area contributed by atoms with Crippen LogP contribution in [0.5, 0.6) is 0 Å². The maximum Gasteiger partial charge on any atom is 0.335 e. The highest BCUT2D eigenvalue weighted by molar-refractivity contribution is 8.00. The molecule has 2 aromatic rings. The predicted molar refractivity (Wildman–Crippen MR) is 105 cm³/mol. The highest BCUT2D eigenvalue weighted by atomic mass is 32.2. The Kier molecular flexibility index (Phi) is 8.06. The largest absolute Gasteiger partial charge is 0.478 e. The van der Waals surface area contributed by atoms with Crippen LogP contribution in [0.2, 0.25) is 0 Å². The van der Waals surface area contributed by atoms with Crippen LogP contribution in [-0.2, 0) is 10.5 Å². The van der Waals surface area contributed by atoms with Crippen LogP contribution < -0.4 is 5.32 Å². The van der Waals surface area contributed by atoms with E-state index in [2.05, 4.69) is 22.4 Å². The summed E-state index contributed by atoms with van der Waals surface area (Å²) in [7, 11) is 0. The molecule has 1 aromatic carbocycles. The van der Waals surface area contributed by atoms with Crippen LogP contribution in [0.1, 0.15) is 55.5 Å². The van der Waals surface area contributed by atoms with E-state index in [0.29, 0.717) is 10.9 Å². The quantitative estimate of drug-likeness (QED) is 0.450. The number of hydrogen-bond donors (Lipinski definition) is 2. The lowest BCUT2D eigenvalue weighted by atomic mass is 9.99. The van der Waals surface area contributed by atoms with Crippen molar-refractivity contribution in [3.05, 3.63) is 35.4 Å². The third kappa shape index (κ3) is 6.10. The molecule has 0 aliphatic rings. The van der Waals surface area contributed by atoms with Crippen LogP contribution in [-0.4, -0.2) is 27.2 Å². The summed E-state index contributed by atoms with van der Waals surface area (Å²) in [6.07, 6.45) is 3.84. The molecule has 0 spiro atoms. The number of carbonyl (C=O) groups excluding carboxylic acids is 1. The topological polar surface area (TPSA) is 92.2 Å². The van der Waals surface area contributed by atoms with Gasteiger partial charge in [0.1, 0.15) is 0 Å². The zero-order chi connectivity index (χ0) is 18.9. The third-order valence-corrected chi connectivity index (χ3v) is 6.01. The van der Waals surface area contributed by atoms with Crippen molar-refractivity contribution in [3.63, 3.8) is 0 Å². The van der Waals surface area contributed by atoms with E-state index in [-0.39, 0.29) is 17.4 Å². The van der Waals surface area contributed by atoms with Crippen molar-refractivity contribution in [2.24, 2.45) is 5.92 Å². The Labute approximate surface area is 161 Å². The number of nitrogens with zero attached hydrogens (tertiary/aromatic N) is 2. The summed E-state index contributed by atoms with van der Waals surface area (Å²) >= 11 is 2.86. The lowest BCUT2D eigenvalue weighted by Gasteiger charge is -2.12. The Morgan fingerprint density at radius 2 is 1.96 bits per heavy atom. The molecule has 0 fully saturated rings. The van der Waals surface area contributed by atoms with Crippen LogP contribution in [0, 0.1) is 5.92 Å². The van der Waals surface area contributed by atoms with Gasteiger partial charge in [-0.2, -0.15) is 0 Å². The monoisotopic (exact) mass is 393 g/mol. The second-order valence-corrected chi connectivity index (χ2v) is 8.10. The molecule has 0 radical (unpaired) electrons. The van der Waals surface area contributed by atoms with Crippen LogP contribution in [0.4, 0.5) is 5.13 Å². The molecular formula is C18H23N3O3S2. The van der Waals surface area contributed by atoms with Gasteiger partial charge in [0.15, 0.2) is 4.34 Å². The van der Waals surface area contributed by atoms with Gasteiger partial charge in [-0.15, -0.1) is 10.2 Å². The number of anilines is 1. The summed E-state index contributed by atoms with van der Waals surface area (Å²) in [4.78, 5) is 23.2. The van der Waals surface area contributed by atoms with E-state index in [9.17, 15) is 9.59 Å². The van der Waals surface area contributed by atoms with Crippen molar-refractivity contribution in [1.82, 2.24) is 10.2 Å². The predicted octanol–water partition coefficient (Wildman–Crippen LogP) is 4.68. The summed E-state index contributed by atoms with van der Waals surface area (Å²) in [6, 6.07) is 6.76. The molecule has 2 rings (SSSR count). The maximum absolute atomic E-state index is 12.3. The van der Waals surface area contributed by atoms with Gasteiger partial charge in [-0.25, -0.2) is 4.79 Å². The molecule has 0 aliphatic carbocycles. The summed E-state index contributed by atoms with van der Waals surface area (Å²) < 4.78 is 0.768. The minimum Gasteiger partial charge on any atom is -0.478 e. The van der Waals surface area contributed by atoms with E-state index in [1.807, 2.05) is 6.92 Å². The molecule has 6 nitrogen and oxygen atoms in total. The number of thioether (sulfide) groups is 1. The highest BCUT2D eigenvalue weighted by Gasteiger charge is 2.17. The number of unbranched alkanes of at least 4 members (excludes halogenated alkanes) is 1. The SMILES string of the molecule is CCCCC(CC)C(=O)Nc1nnc(SCc2ccc(C(=O)O)cc2)s1. The average molecular weight is 394 g/mol. The van der Waals surface area contributed by atoms with Gasteiger partial charge >= 0.3 is 5.97 Å². The molecule has 0 aliphatic heterocycles. The zero-order valence-corrected chi connectivity index (χ0v) is 16.5. The number of aromatic carboxylic acids is 1. The number of carbonyl (C=O) groups is 2. The standard InChI is InChI=1S/C18H23N3O3S2/c1-3-5-6-13(4-2)15(22)19-17-20-21-18(26-17)25-11-12-7-9-14(10-8-12)16(23)24/h7-10,13H,3-6,11H2,1-2H3,(H,23,24)(H,19,20,22). The minimum absolute atomic E-state index is 0.0120. The van der Waals surface area contributed by atoms with Gasteiger partial charge < -0.3 is 10.4 Å². The van der Waals surface area contributed by atoms with E-state index in [0.717, 1.165) is 35.6 Å². The van der Waals surface area contributed by atoms with Gasteiger partial charge in [-0.3, -0.25) is 4.79 Å². The number of nitrogens with one attached hydrogen (secondary N) is 1. The molecule has 0 saturated heterocycles. The molecule has 1 unspecified atom stereocenters. The Morgan fingerprint density at radius 1 is 1.23 bits per heavy atom.